The molecular formula is C15H23NO4. The van der Waals surface area contributed by atoms with Crippen LogP contribution in [0.5, 0.6) is 11.5 Å². The largest absolute Gasteiger partial charge is 0.490 e. The molecular weight excluding hydrogens is 258 g/mol. The second kappa shape index (κ2) is 6.50. The monoisotopic (exact) mass is 281 g/mol. The zero-order valence-electron chi connectivity index (χ0n) is 12.8. The van der Waals surface area contributed by atoms with E-state index in [0.29, 0.717) is 30.4 Å². The normalized spacial score (nSPS) is 11.1. The van der Waals surface area contributed by atoms with Gasteiger partial charge >= 0.3 is 5.97 Å². The summed E-state index contributed by atoms with van der Waals surface area (Å²) in [6, 6.07) is 3.16. The van der Waals surface area contributed by atoms with Crippen molar-refractivity contribution in [2.75, 3.05) is 18.9 Å². The molecule has 0 spiro atoms. The van der Waals surface area contributed by atoms with Crippen molar-refractivity contribution in [3.05, 3.63) is 17.7 Å². The highest BCUT2D eigenvalue weighted by Gasteiger charge is 2.22. The summed E-state index contributed by atoms with van der Waals surface area (Å²) < 4.78 is 16.2. The molecule has 0 aliphatic rings. The quantitative estimate of drug-likeness (QED) is 0.663. The van der Waals surface area contributed by atoms with E-state index in [2.05, 4.69) is 0 Å². The number of esters is 1. The first-order chi connectivity index (χ1) is 9.28. The standard InChI is InChI=1S/C15H23NO4/c1-6-18-12-8-10(14(17)20-15(3,4)5)11(16)9-13(12)19-7-2/h8-9H,6-7,16H2,1-5H3. The minimum absolute atomic E-state index is 0.284. The Bertz CT molecular complexity index is 477. The molecule has 0 unspecified atom stereocenters. The number of hydrogen-bond donors (Lipinski definition) is 1. The van der Waals surface area contributed by atoms with Gasteiger partial charge in [-0.3, -0.25) is 0 Å². The number of anilines is 1. The highest BCUT2D eigenvalue weighted by molar-refractivity contribution is 5.96. The van der Waals surface area contributed by atoms with E-state index >= 15 is 0 Å². The van der Waals surface area contributed by atoms with E-state index in [1.54, 1.807) is 32.9 Å². The van der Waals surface area contributed by atoms with E-state index in [1.807, 2.05) is 13.8 Å². The average Bonchev–Trinajstić information content (AvgIpc) is 2.30. The van der Waals surface area contributed by atoms with Crippen molar-refractivity contribution in [1.29, 1.82) is 0 Å². The third-order valence-corrected chi connectivity index (χ3v) is 2.33. The van der Waals surface area contributed by atoms with Crippen LogP contribution in [0.1, 0.15) is 45.0 Å². The zero-order valence-corrected chi connectivity index (χ0v) is 12.8. The highest BCUT2D eigenvalue weighted by Crippen LogP contribution is 2.33. The Labute approximate surface area is 120 Å². The number of nitrogens with two attached hydrogens (primary N) is 1. The molecule has 2 N–H and O–H groups in total. The summed E-state index contributed by atoms with van der Waals surface area (Å²) in [5, 5.41) is 0. The Morgan fingerprint density at radius 1 is 1.10 bits per heavy atom. The van der Waals surface area contributed by atoms with Gasteiger partial charge < -0.3 is 19.9 Å². The van der Waals surface area contributed by atoms with E-state index in [0.717, 1.165) is 0 Å². The Hall–Kier alpha value is -1.91. The fourth-order valence-corrected chi connectivity index (χ4v) is 1.62. The topological polar surface area (TPSA) is 70.8 Å². The Balaban J connectivity index is 3.14. The summed E-state index contributed by atoms with van der Waals surface area (Å²) in [6.07, 6.45) is 0. The highest BCUT2D eigenvalue weighted by atomic mass is 16.6. The van der Waals surface area contributed by atoms with Gasteiger partial charge in [-0.25, -0.2) is 4.79 Å². The lowest BCUT2D eigenvalue weighted by molar-refractivity contribution is 0.00703. The Morgan fingerprint density at radius 2 is 1.60 bits per heavy atom. The second-order valence-corrected chi connectivity index (χ2v) is 5.25. The van der Waals surface area contributed by atoms with Crippen molar-refractivity contribution in [3.63, 3.8) is 0 Å². The van der Waals surface area contributed by atoms with Crippen molar-refractivity contribution >= 4 is 11.7 Å². The Kier molecular flexibility index (Phi) is 5.25. The maximum atomic E-state index is 12.1. The van der Waals surface area contributed by atoms with Gasteiger partial charge in [-0.15, -0.1) is 0 Å². The fraction of sp³-hybridized carbons (Fsp3) is 0.533. The van der Waals surface area contributed by atoms with Gasteiger partial charge in [-0.2, -0.15) is 0 Å². The van der Waals surface area contributed by atoms with Crippen LogP contribution in [0.15, 0.2) is 12.1 Å². The van der Waals surface area contributed by atoms with Crippen molar-refractivity contribution in [2.24, 2.45) is 0 Å². The van der Waals surface area contributed by atoms with Gasteiger partial charge in [0.25, 0.3) is 0 Å². The zero-order chi connectivity index (χ0) is 15.3. The first-order valence-electron chi connectivity index (χ1n) is 6.71. The number of hydrogen-bond acceptors (Lipinski definition) is 5. The third-order valence-electron chi connectivity index (χ3n) is 2.33. The van der Waals surface area contributed by atoms with Gasteiger partial charge in [0.15, 0.2) is 11.5 Å². The molecule has 0 aliphatic heterocycles. The molecule has 5 heteroatoms. The minimum atomic E-state index is -0.576. The molecule has 0 atom stereocenters. The molecule has 1 rings (SSSR count). The number of rotatable bonds is 5. The molecule has 1 aromatic carbocycles. The molecule has 112 valence electrons. The summed E-state index contributed by atoms with van der Waals surface area (Å²) in [4.78, 5) is 12.1. The van der Waals surface area contributed by atoms with Crippen LogP contribution in [0.3, 0.4) is 0 Å². The van der Waals surface area contributed by atoms with Crippen LogP contribution in [0.25, 0.3) is 0 Å². The van der Waals surface area contributed by atoms with Crippen LogP contribution < -0.4 is 15.2 Å². The molecule has 0 aliphatic carbocycles. The predicted octanol–water partition coefficient (Wildman–Crippen LogP) is 3.02. The SMILES string of the molecule is CCOc1cc(N)c(C(=O)OC(C)(C)C)cc1OCC. The number of benzene rings is 1. The van der Waals surface area contributed by atoms with E-state index in [4.69, 9.17) is 19.9 Å². The van der Waals surface area contributed by atoms with E-state index in [1.165, 1.54) is 0 Å². The molecule has 0 amide bonds. The Morgan fingerprint density at radius 3 is 2.05 bits per heavy atom. The summed E-state index contributed by atoms with van der Waals surface area (Å²) in [5.74, 6) is 0.544. The number of ether oxygens (including phenoxy) is 3. The van der Waals surface area contributed by atoms with Gasteiger partial charge in [0.2, 0.25) is 0 Å². The molecule has 0 fully saturated rings. The van der Waals surface area contributed by atoms with Crippen molar-refractivity contribution in [1.82, 2.24) is 0 Å². The van der Waals surface area contributed by atoms with Gasteiger partial charge in [0.1, 0.15) is 5.60 Å². The van der Waals surface area contributed by atoms with Crippen molar-refractivity contribution in [3.8, 4) is 11.5 Å². The summed E-state index contributed by atoms with van der Waals surface area (Å²) in [5.41, 5.74) is 5.92. The van der Waals surface area contributed by atoms with Crippen LogP contribution in [0, 0.1) is 0 Å². The summed E-state index contributed by atoms with van der Waals surface area (Å²) in [7, 11) is 0. The van der Waals surface area contributed by atoms with Crippen LogP contribution >= 0.6 is 0 Å². The molecule has 0 aromatic heterocycles. The number of nitrogen functional groups attached to an aromatic ring is 1. The van der Waals surface area contributed by atoms with Crippen LogP contribution in [0.2, 0.25) is 0 Å². The van der Waals surface area contributed by atoms with E-state index in [-0.39, 0.29) is 5.56 Å². The first kappa shape index (κ1) is 16.1. The van der Waals surface area contributed by atoms with Gasteiger partial charge in [-0.05, 0) is 34.6 Å². The molecule has 5 nitrogen and oxygen atoms in total. The molecule has 0 bridgehead atoms. The second-order valence-electron chi connectivity index (χ2n) is 5.25. The van der Waals surface area contributed by atoms with Crippen LogP contribution in [-0.4, -0.2) is 24.8 Å². The molecule has 0 heterocycles. The third kappa shape index (κ3) is 4.33. The lowest BCUT2D eigenvalue weighted by atomic mass is 10.1. The van der Waals surface area contributed by atoms with E-state index < -0.39 is 11.6 Å². The molecule has 0 radical (unpaired) electrons. The first-order valence-corrected chi connectivity index (χ1v) is 6.71. The summed E-state index contributed by atoms with van der Waals surface area (Å²) >= 11 is 0. The lowest BCUT2D eigenvalue weighted by Gasteiger charge is -2.21. The molecule has 20 heavy (non-hydrogen) atoms. The van der Waals surface area contributed by atoms with Crippen LogP contribution in [-0.2, 0) is 4.74 Å². The predicted molar refractivity (Wildman–Crippen MR) is 78.4 cm³/mol. The lowest BCUT2D eigenvalue weighted by Crippen LogP contribution is -2.24. The number of carbonyl (C=O) groups is 1. The average molecular weight is 281 g/mol. The summed E-state index contributed by atoms with van der Waals surface area (Å²) in [6.45, 7) is 10.1. The smallest absolute Gasteiger partial charge is 0.340 e. The van der Waals surface area contributed by atoms with Gasteiger partial charge in [0.05, 0.1) is 24.5 Å². The maximum Gasteiger partial charge on any atom is 0.340 e. The van der Waals surface area contributed by atoms with Gasteiger partial charge in [0, 0.05) is 12.1 Å². The van der Waals surface area contributed by atoms with Crippen molar-refractivity contribution < 1.29 is 19.0 Å². The molecule has 1 aromatic rings. The fourth-order valence-electron chi connectivity index (χ4n) is 1.62. The van der Waals surface area contributed by atoms with E-state index in [9.17, 15) is 4.79 Å². The molecule has 0 saturated carbocycles. The maximum absolute atomic E-state index is 12.1. The van der Waals surface area contributed by atoms with Crippen LogP contribution in [0.4, 0.5) is 5.69 Å². The molecule has 0 saturated heterocycles. The van der Waals surface area contributed by atoms with Crippen molar-refractivity contribution in [2.45, 2.75) is 40.2 Å². The number of carbonyl (C=O) groups excluding carboxylic acids is 1. The van der Waals surface area contributed by atoms with Gasteiger partial charge in [-0.1, -0.05) is 0 Å². The minimum Gasteiger partial charge on any atom is -0.490 e.